The standard InChI is InChI=1S/C54H36BN3/c1-4-15-41(16-5-1)56-48-23-12-10-21-44(48)45-35-39(31-33-49(45)56)37-27-29-38(30-28-37)40-32-34-51-47(36-40)55-46-22-11-13-24-50(46)57(42-17-6-2-7-18-42)52-25-14-26-53(54(52)55)58(51)43-19-8-3-9-20-43/h1-36H. The molecule has 0 atom stereocenters. The van der Waals surface area contributed by atoms with Crippen molar-refractivity contribution >= 4 is 79.0 Å². The fraction of sp³-hybridized carbons (Fsp3) is 0. The molecule has 0 bridgehead atoms. The minimum atomic E-state index is 0.0706. The number of hydrogen-bond donors (Lipinski definition) is 0. The Balaban J connectivity index is 0.985. The zero-order valence-corrected chi connectivity index (χ0v) is 31.7. The molecule has 12 rings (SSSR count). The van der Waals surface area contributed by atoms with Crippen LogP contribution in [0, 0.1) is 0 Å². The first kappa shape index (κ1) is 32.7. The van der Waals surface area contributed by atoms with Gasteiger partial charge in [-0.2, -0.15) is 0 Å². The molecule has 0 aliphatic carbocycles. The maximum Gasteiger partial charge on any atom is 0.252 e. The first-order valence-corrected chi connectivity index (χ1v) is 20.1. The summed E-state index contributed by atoms with van der Waals surface area (Å²) in [5.74, 6) is 0. The summed E-state index contributed by atoms with van der Waals surface area (Å²) >= 11 is 0. The third kappa shape index (κ3) is 4.95. The van der Waals surface area contributed by atoms with Gasteiger partial charge in [-0.3, -0.25) is 0 Å². The molecule has 0 N–H and O–H groups in total. The summed E-state index contributed by atoms with van der Waals surface area (Å²) < 4.78 is 2.37. The highest BCUT2D eigenvalue weighted by molar-refractivity contribution is 7.00. The Bertz CT molecular complexity index is 3160. The van der Waals surface area contributed by atoms with Gasteiger partial charge in [0.15, 0.2) is 0 Å². The van der Waals surface area contributed by atoms with E-state index in [-0.39, 0.29) is 6.71 Å². The molecular weight excluding hydrogens is 701 g/mol. The topological polar surface area (TPSA) is 11.4 Å². The number of para-hydroxylation sites is 5. The summed E-state index contributed by atoms with van der Waals surface area (Å²) in [7, 11) is 0. The third-order valence-corrected chi connectivity index (χ3v) is 12.2. The lowest BCUT2D eigenvalue weighted by atomic mass is 9.33. The van der Waals surface area contributed by atoms with Gasteiger partial charge in [-0.1, -0.05) is 140 Å². The van der Waals surface area contributed by atoms with Crippen LogP contribution in [0.15, 0.2) is 218 Å². The molecule has 0 spiro atoms. The zero-order chi connectivity index (χ0) is 38.2. The minimum absolute atomic E-state index is 0.0706. The van der Waals surface area contributed by atoms with Crippen LogP contribution in [-0.2, 0) is 0 Å². The van der Waals surface area contributed by atoms with E-state index in [4.69, 9.17) is 0 Å². The molecule has 9 aromatic carbocycles. The van der Waals surface area contributed by atoms with Gasteiger partial charge in [0.1, 0.15) is 0 Å². The van der Waals surface area contributed by atoms with E-state index in [9.17, 15) is 0 Å². The van der Waals surface area contributed by atoms with Gasteiger partial charge in [0.05, 0.1) is 11.0 Å². The molecule has 2 aliphatic heterocycles. The molecule has 0 amide bonds. The Kier molecular flexibility index (Phi) is 7.33. The molecule has 0 radical (unpaired) electrons. The number of rotatable bonds is 5. The third-order valence-electron chi connectivity index (χ3n) is 12.2. The van der Waals surface area contributed by atoms with E-state index in [0.717, 1.165) is 11.4 Å². The van der Waals surface area contributed by atoms with Crippen molar-refractivity contribution in [1.29, 1.82) is 0 Å². The summed E-state index contributed by atoms with van der Waals surface area (Å²) in [5, 5.41) is 2.52. The highest BCUT2D eigenvalue weighted by Gasteiger charge is 2.43. The van der Waals surface area contributed by atoms with Crippen molar-refractivity contribution in [3.8, 4) is 27.9 Å². The van der Waals surface area contributed by atoms with Gasteiger partial charge >= 0.3 is 0 Å². The molecule has 0 unspecified atom stereocenters. The van der Waals surface area contributed by atoms with E-state index >= 15 is 0 Å². The average Bonchev–Trinajstić information content (AvgIpc) is 3.63. The fourth-order valence-electron chi connectivity index (χ4n) is 9.64. The van der Waals surface area contributed by atoms with Crippen LogP contribution >= 0.6 is 0 Å². The van der Waals surface area contributed by atoms with Crippen LogP contribution in [0.3, 0.4) is 0 Å². The molecule has 0 fully saturated rings. The second kappa shape index (κ2) is 13.0. The highest BCUT2D eigenvalue weighted by atomic mass is 15.2. The Labute approximate surface area is 338 Å². The van der Waals surface area contributed by atoms with Crippen LogP contribution < -0.4 is 26.2 Å². The number of benzene rings is 9. The van der Waals surface area contributed by atoms with Crippen molar-refractivity contribution in [2.24, 2.45) is 0 Å². The van der Waals surface area contributed by atoms with Crippen molar-refractivity contribution in [2.45, 2.75) is 0 Å². The van der Waals surface area contributed by atoms with Gasteiger partial charge in [-0.05, 0) is 118 Å². The molecule has 0 saturated carbocycles. The van der Waals surface area contributed by atoms with Crippen molar-refractivity contribution < 1.29 is 0 Å². The minimum Gasteiger partial charge on any atom is -0.311 e. The van der Waals surface area contributed by atoms with Crippen LogP contribution in [0.2, 0.25) is 0 Å². The average molecular weight is 738 g/mol. The molecule has 3 nitrogen and oxygen atoms in total. The van der Waals surface area contributed by atoms with Crippen LogP contribution in [0.25, 0.3) is 49.7 Å². The van der Waals surface area contributed by atoms with Crippen molar-refractivity contribution in [2.75, 3.05) is 9.80 Å². The van der Waals surface area contributed by atoms with E-state index in [1.165, 1.54) is 88.9 Å². The summed E-state index contributed by atoms with van der Waals surface area (Å²) in [5.41, 5.74) is 19.6. The van der Waals surface area contributed by atoms with Gasteiger partial charge in [0.2, 0.25) is 0 Å². The first-order chi connectivity index (χ1) is 28.8. The normalized spacial score (nSPS) is 12.7. The molecule has 10 aromatic rings. The van der Waals surface area contributed by atoms with Crippen molar-refractivity contribution in [3.05, 3.63) is 218 Å². The molecule has 0 saturated heterocycles. The lowest BCUT2D eigenvalue weighted by Gasteiger charge is -2.44. The molecule has 4 heteroatoms. The Morgan fingerprint density at radius 2 is 0.776 bits per heavy atom. The number of fused-ring (bicyclic) bond motifs is 7. The van der Waals surface area contributed by atoms with Gasteiger partial charge in [-0.15, -0.1) is 0 Å². The van der Waals surface area contributed by atoms with Gasteiger partial charge in [0, 0.05) is 50.6 Å². The fourth-order valence-corrected chi connectivity index (χ4v) is 9.64. The summed E-state index contributed by atoms with van der Waals surface area (Å²) in [6.45, 7) is 0.0706. The van der Waals surface area contributed by atoms with E-state index in [1.807, 2.05) is 0 Å². The van der Waals surface area contributed by atoms with Crippen LogP contribution in [0.5, 0.6) is 0 Å². The molecule has 270 valence electrons. The molecule has 58 heavy (non-hydrogen) atoms. The second-order valence-electron chi connectivity index (χ2n) is 15.3. The second-order valence-corrected chi connectivity index (χ2v) is 15.3. The Morgan fingerprint density at radius 3 is 1.45 bits per heavy atom. The SMILES string of the molecule is c1ccc(N2c3ccccc3B3c4cc(-c5ccc(-c6ccc7c(c6)c6ccccc6n7-c6ccccc6)cc5)ccc4N(c4ccccc4)c4cccc2c43)cc1. The first-order valence-electron chi connectivity index (χ1n) is 20.1. The van der Waals surface area contributed by atoms with Gasteiger partial charge in [-0.25, -0.2) is 0 Å². The molecule has 3 heterocycles. The number of nitrogens with zero attached hydrogens (tertiary/aromatic N) is 3. The van der Waals surface area contributed by atoms with E-state index in [1.54, 1.807) is 0 Å². The number of anilines is 6. The van der Waals surface area contributed by atoms with Crippen molar-refractivity contribution in [1.82, 2.24) is 4.57 Å². The highest BCUT2D eigenvalue weighted by Crippen LogP contribution is 2.44. The Hall–Kier alpha value is -7.56. The lowest BCUT2D eigenvalue weighted by Crippen LogP contribution is -2.61. The Morgan fingerprint density at radius 1 is 0.293 bits per heavy atom. The number of aromatic nitrogens is 1. The molecule has 2 aliphatic rings. The quantitative estimate of drug-likeness (QED) is 0.163. The molecule has 1 aromatic heterocycles. The zero-order valence-electron chi connectivity index (χ0n) is 31.7. The van der Waals surface area contributed by atoms with E-state index < -0.39 is 0 Å². The van der Waals surface area contributed by atoms with Gasteiger partial charge < -0.3 is 14.4 Å². The summed E-state index contributed by atoms with van der Waals surface area (Å²) in [6, 6.07) is 79.9. The molecular formula is C54H36BN3. The van der Waals surface area contributed by atoms with Crippen LogP contribution in [0.4, 0.5) is 34.1 Å². The van der Waals surface area contributed by atoms with E-state index in [0.29, 0.717) is 0 Å². The summed E-state index contributed by atoms with van der Waals surface area (Å²) in [6.07, 6.45) is 0. The maximum atomic E-state index is 2.46. The largest absolute Gasteiger partial charge is 0.311 e. The predicted molar refractivity (Wildman–Crippen MR) is 246 cm³/mol. The summed E-state index contributed by atoms with van der Waals surface area (Å²) in [4.78, 5) is 4.90. The maximum absolute atomic E-state index is 2.46. The van der Waals surface area contributed by atoms with E-state index in [2.05, 4.69) is 233 Å². The van der Waals surface area contributed by atoms with Gasteiger partial charge in [0.25, 0.3) is 6.71 Å². The van der Waals surface area contributed by atoms with Crippen LogP contribution in [0.1, 0.15) is 0 Å². The lowest BCUT2D eigenvalue weighted by molar-refractivity contribution is 1.18. The smallest absolute Gasteiger partial charge is 0.252 e. The monoisotopic (exact) mass is 737 g/mol. The van der Waals surface area contributed by atoms with Crippen LogP contribution in [-0.4, -0.2) is 11.3 Å². The predicted octanol–water partition coefficient (Wildman–Crippen LogP) is 12.2. The number of hydrogen-bond acceptors (Lipinski definition) is 2. The van der Waals surface area contributed by atoms with Crippen molar-refractivity contribution in [3.63, 3.8) is 0 Å².